The minimum Gasteiger partial charge on any atom is -0.506 e. The monoisotopic (exact) mass is 713 g/mol. The lowest BCUT2D eigenvalue weighted by molar-refractivity contribution is 0.474. The molecule has 0 saturated carbocycles. The fraction of sp³-hybridized carbons (Fsp3) is 0.103. The van der Waals surface area contributed by atoms with E-state index in [4.69, 9.17) is 27.6 Å². The van der Waals surface area contributed by atoms with Gasteiger partial charge in [0.1, 0.15) is 22.0 Å². The highest BCUT2D eigenvalue weighted by Gasteiger charge is 2.25. The molecule has 0 saturated heterocycles. The van der Waals surface area contributed by atoms with Crippen molar-refractivity contribution in [2.75, 3.05) is 19.0 Å². The number of phenols is 1. The Morgan fingerprint density at radius 2 is 1.22 bits per heavy atom. The summed E-state index contributed by atoms with van der Waals surface area (Å²) >= 11 is 12.4. The Balaban J connectivity index is 0.00000230. The first-order valence-corrected chi connectivity index (χ1v) is 17.5. The number of phenolic OH excluding ortho intramolecular Hbond substituents is 1. The molecule has 4 aromatic carbocycles. The number of benzene rings is 5. The Kier molecular flexibility index (Phi) is 10.6. The molecule has 0 unspecified atom stereocenters. The first-order chi connectivity index (χ1) is 23.4. The van der Waals surface area contributed by atoms with E-state index in [9.17, 15) is 22.9 Å². The predicted molar refractivity (Wildman–Crippen MR) is 202 cm³/mol. The summed E-state index contributed by atoms with van der Waals surface area (Å²) in [4.78, 5) is 14.0. The second-order valence-electron chi connectivity index (χ2n) is 11.1. The largest absolute Gasteiger partial charge is 0.506 e. The maximum atomic E-state index is 12.8. The number of aromatic hydroxyl groups is 1. The second-order valence-corrected chi connectivity index (χ2v) is 13.3. The van der Waals surface area contributed by atoms with Crippen LogP contribution in [0, 0.1) is 0 Å². The fourth-order valence-electron chi connectivity index (χ4n) is 5.24. The average Bonchev–Trinajstić information content (AvgIpc) is 3.08. The van der Waals surface area contributed by atoms with Gasteiger partial charge in [-0.1, -0.05) is 110 Å². The van der Waals surface area contributed by atoms with Crippen LogP contribution in [-0.2, 0) is 10.1 Å². The van der Waals surface area contributed by atoms with Crippen LogP contribution >= 0.6 is 23.2 Å². The normalized spacial score (nSPS) is 11.7. The number of hydrogen-bond donors (Lipinski definition) is 2. The fourth-order valence-corrected chi connectivity index (χ4v) is 6.30. The van der Waals surface area contributed by atoms with Crippen LogP contribution in [0.1, 0.15) is 36.1 Å². The lowest BCUT2D eigenvalue weighted by atomic mass is 9.93. The molecule has 0 amide bonds. The number of rotatable bonds is 7. The summed E-state index contributed by atoms with van der Waals surface area (Å²) in [6.07, 6.45) is 7.64. The SMILES string of the molecule is CC.CN(C)c1ccc(/C=C/c2ccc(/C=C/c3ccc(-c4c5cc(Cl)c(=O)cc-5oc5cc(O)c(Cl)cc45)c(S(=O)(=O)O)c3)cc2)cc1. The predicted octanol–water partition coefficient (Wildman–Crippen LogP) is 10.3. The first-order valence-electron chi connectivity index (χ1n) is 15.3. The van der Waals surface area contributed by atoms with E-state index in [1.165, 1.54) is 30.3 Å². The van der Waals surface area contributed by atoms with Crippen LogP contribution in [0.2, 0.25) is 10.0 Å². The van der Waals surface area contributed by atoms with E-state index in [0.29, 0.717) is 22.1 Å². The Morgan fingerprint density at radius 3 is 1.78 bits per heavy atom. The van der Waals surface area contributed by atoms with Gasteiger partial charge in [0.15, 0.2) is 0 Å². The van der Waals surface area contributed by atoms with Crippen LogP contribution in [-0.4, -0.2) is 32.2 Å². The highest BCUT2D eigenvalue weighted by Crippen LogP contribution is 2.45. The molecular weight excluding hydrogens is 681 g/mol. The Bertz CT molecular complexity index is 2340. The number of nitrogens with zero attached hydrogens (tertiary/aromatic N) is 1. The number of halogens is 2. The van der Waals surface area contributed by atoms with E-state index >= 15 is 0 Å². The van der Waals surface area contributed by atoms with Crippen LogP contribution in [0.4, 0.5) is 5.69 Å². The molecule has 2 N–H and O–H groups in total. The van der Waals surface area contributed by atoms with Gasteiger partial charge < -0.3 is 14.4 Å². The third kappa shape index (κ3) is 7.90. The van der Waals surface area contributed by atoms with E-state index < -0.39 is 15.5 Å². The quantitative estimate of drug-likeness (QED) is 0.0963. The molecule has 0 atom stereocenters. The molecule has 6 rings (SSSR count). The molecule has 0 spiro atoms. The molecule has 1 heterocycles. The molecular formula is C39H33Cl2NO6S. The van der Waals surface area contributed by atoms with E-state index in [1.807, 2.05) is 75.3 Å². The van der Waals surface area contributed by atoms with Crippen LogP contribution in [0.25, 0.3) is 57.7 Å². The first kappa shape index (κ1) is 35.4. The van der Waals surface area contributed by atoms with E-state index in [-0.39, 0.29) is 37.6 Å². The van der Waals surface area contributed by atoms with Crippen molar-refractivity contribution in [2.24, 2.45) is 0 Å². The number of anilines is 1. The zero-order valence-corrected chi connectivity index (χ0v) is 29.4. The lowest BCUT2D eigenvalue weighted by Crippen LogP contribution is -2.07. The van der Waals surface area contributed by atoms with Gasteiger partial charge in [-0.05, 0) is 52.6 Å². The minimum atomic E-state index is -4.75. The zero-order valence-electron chi connectivity index (χ0n) is 27.1. The highest BCUT2D eigenvalue weighted by atomic mass is 35.5. The maximum Gasteiger partial charge on any atom is 0.295 e. The summed E-state index contributed by atoms with van der Waals surface area (Å²) in [5, 5.41) is 10.4. The van der Waals surface area contributed by atoms with Crippen molar-refractivity contribution < 1.29 is 22.5 Å². The second kappa shape index (κ2) is 14.7. The molecule has 10 heteroatoms. The molecule has 2 aliphatic rings. The summed E-state index contributed by atoms with van der Waals surface area (Å²) < 4.78 is 41.8. The van der Waals surface area contributed by atoms with Crippen molar-refractivity contribution in [3.05, 3.63) is 134 Å². The third-order valence-electron chi connectivity index (χ3n) is 7.68. The standard InChI is InChI=1S/C37H27Cl2NO6S.C2H6/c1-40(2)26-14-11-24(12-15-26)8-7-22-3-5-23(6-4-22)9-10-25-13-16-27(36(17-25)47(43,44)45)37-28-18-30(38)32(41)20-34(28)46-35-21-33(42)31(39)19-29(35)37;1-2/h3-21,41H,1-2H3,(H,43,44,45);1-2H3/b8-7+,10-9+;. The molecule has 250 valence electrons. The van der Waals surface area contributed by atoms with Crippen LogP contribution < -0.4 is 10.3 Å². The molecule has 1 aliphatic carbocycles. The molecule has 1 aliphatic heterocycles. The summed E-state index contributed by atoms with van der Waals surface area (Å²) in [6, 6.07) is 26.0. The van der Waals surface area contributed by atoms with Crippen molar-refractivity contribution in [2.45, 2.75) is 18.7 Å². The Hall–Kier alpha value is -4.86. The molecule has 7 nitrogen and oxygen atoms in total. The van der Waals surface area contributed by atoms with Crippen molar-refractivity contribution in [1.29, 1.82) is 0 Å². The molecule has 0 fully saturated rings. The van der Waals surface area contributed by atoms with Gasteiger partial charge in [-0.2, -0.15) is 8.42 Å². The smallest absolute Gasteiger partial charge is 0.295 e. The minimum absolute atomic E-state index is 0.00651. The summed E-state index contributed by atoms with van der Waals surface area (Å²) in [5.41, 5.74) is 5.01. The van der Waals surface area contributed by atoms with E-state index in [2.05, 4.69) is 24.3 Å². The van der Waals surface area contributed by atoms with Gasteiger partial charge in [0, 0.05) is 54.0 Å². The van der Waals surface area contributed by atoms with Crippen molar-refractivity contribution in [1.82, 2.24) is 0 Å². The van der Waals surface area contributed by atoms with Crippen LogP contribution in [0.15, 0.2) is 105 Å². The molecule has 0 bridgehead atoms. The van der Waals surface area contributed by atoms with Gasteiger partial charge in [0.05, 0.1) is 10.0 Å². The van der Waals surface area contributed by atoms with Gasteiger partial charge in [-0.25, -0.2) is 0 Å². The Labute approximate surface area is 295 Å². The van der Waals surface area contributed by atoms with E-state index in [1.54, 1.807) is 18.2 Å². The van der Waals surface area contributed by atoms with Gasteiger partial charge in [-0.3, -0.25) is 9.35 Å². The third-order valence-corrected chi connectivity index (χ3v) is 9.17. The number of hydrogen-bond acceptors (Lipinski definition) is 6. The molecule has 0 aromatic heterocycles. The summed E-state index contributed by atoms with van der Waals surface area (Å²) in [7, 11) is -0.752. The number of fused-ring (bicyclic) bond motifs is 2. The average molecular weight is 715 g/mol. The van der Waals surface area contributed by atoms with Crippen molar-refractivity contribution in [3.8, 4) is 28.2 Å². The topological polar surface area (TPSA) is 108 Å². The molecule has 4 aromatic rings. The van der Waals surface area contributed by atoms with Gasteiger partial charge >= 0.3 is 0 Å². The van der Waals surface area contributed by atoms with E-state index in [0.717, 1.165) is 22.4 Å². The Morgan fingerprint density at radius 1 is 0.694 bits per heavy atom. The zero-order chi connectivity index (χ0) is 35.5. The summed E-state index contributed by atoms with van der Waals surface area (Å²) in [6.45, 7) is 4.00. The lowest BCUT2D eigenvalue weighted by Gasteiger charge is -2.18. The van der Waals surface area contributed by atoms with Crippen LogP contribution in [0.3, 0.4) is 0 Å². The van der Waals surface area contributed by atoms with Crippen molar-refractivity contribution in [3.63, 3.8) is 0 Å². The van der Waals surface area contributed by atoms with Crippen molar-refractivity contribution >= 4 is 74.3 Å². The van der Waals surface area contributed by atoms with Gasteiger partial charge in [0.2, 0.25) is 5.43 Å². The van der Waals surface area contributed by atoms with Gasteiger partial charge in [0.25, 0.3) is 10.1 Å². The molecule has 49 heavy (non-hydrogen) atoms. The maximum absolute atomic E-state index is 12.8. The molecule has 0 radical (unpaired) electrons. The summed E-state index contributed by atoms with van der Waals surface area (Å²) in [5.74, 6) is -0.159. The van der Waals surface area contributed by atoms with Gasteiger partial charge in [-0.15, -0.1) is 0 Å². The van der Waals surface area contributed by atoms with Crippen LogP contribution in [0.5, 0.6) is 5.75 Å². The highest BCUT2D eigenvalue weighted by molar-refractivity contribution is 7.86.